The van der Waals surface area contributed by atoms with Crippen LogP contribution in [-0.2, 0) is 10.0 Å². The maximum Gasteiger partial charge on any atom is 0.256 e. The standard InChI is InChI=1S/C31H30N4O5S2/c1-4-20-14-29(32-23-15-24(39-2)18-25(16-23)40-3)30(34-28-11-6-5-10-27(20)28)35-42(37,38)26-9-7-8-22(17-26)33-31(36)21-12-13-41-19-21/h5-19,30,34-35H,4H2,1-3H3,(H,33,36). The number of para-hydroxylation sites is 1. The third kappa shape index (κ3) is 6.54. The first-order chi connectivity index (χ1) is 20.3. The van der Waals surface area contributed by atoms with Crippen molar-refractivity contribution in [1.82, 2.24) is 4.72 Å². The molecule has 9 nitrogen and oxygen atoms in total. The number of allylic oxidation sites excluding steroid dienone is 1. The van der Waals surface area contributed by atoms with Crippen LogP contribution < -0.4 is 24.8 Å². The highest BCUT2D eigenvalue weighted by Crippen LogP contribution is 2.32. The summed E-state index contributed by atoms with van der Waals surface area (Å²) in [4.78, 5) is 17.4. The number of aliphatic imine (C=N–C) groups is 1. The Hall–Kier alpha value is -4.45. The van der Waals surface area contributed by atoms with Gasteiger partial charge in [0, 0.05) is 40.5 Å². The molecule has 42 heavy (non-hydrogen) atoms. The SMILES string of the molecule is CCC1=CC(=Nc2cc(OC)cc(OC)c2)C(NS(=O)(=O)c2cccc(NC(=O)c3ccsc3)c2)Nc2ccccc21. The van der Waals surface area contributed by atoms with Gasteiger partial charge in [-0.05, 0) is 53.8 Å². The summed E-state index contributed by atoms with van der Waals surface area (Å²) in [6.07, 6.45) is 1.67. The fraction of sp³-hybridized carbons (Fsp3) is 0.161. The Labute approximate surface area is 249 Å². The van der Waals surface area contributed by atoms with Crippen molar-refractivity contribution < 1.29 is 22.7 Å². The number of amides is 1. The van der Waals surface area contributed by atoms with E-state index in [-0.39, 0.29) is 10.8 Å². The molecule has 5 rings (SSSR count). The van der Waals surface area contributed by atoms with E-state index in [4.69, 9.17) is 14.5 Å². The predicted molar refractivity (Wildman–Crippen MR) is 168 cm³/mol. The van der Waals surface area contributed by atoms with Gasteiger partial charge in [-0.2, -0.15) is 16.1 Å². The lowest BCUT2D eigenvalue weighted by Crippen LogP contribution is -2.45. The number of thiophene rings is 1. The summed E-state index contributed by atoms with van der Waals surface area (Å²) in [5.74, 6) is 0.787. The highest BCUT2D eigenvalue weighted by atomic mass is 32.2. The van der Waals surface area contributed by atoms with Gasteiger partial charge in [-0.15, -0.1) is 0 Å². The largest absolute Gasteiger partial charge is 0.497 e. The second-order valence-corrected chi connectivity index (χ2v) is 11.9. The van der Waals surface area contributed by atoms with Gasteiger partial charge in [-0.25, -0.2) is 13.4 Å². The number of carbonyl (C=O) groups is 1. The van der Waals surface area contributed by atoms with E-state index in [2.05, 4.69) is 15.4 Å². The first-order valence-corrected chi connectivity index (χ1v) is 15.6. The van der Waals surface area contributed by atoms with Gasteiger partial charge in [0.2, 0.25) is 10.0 Å². The van der Waals surface area contributed by atoms with E-state index in [1.807, 2.05) is 37.3 Å². The number of hydrogen-bond acceptors (Lipinski definition) is 8. The minimum absolute atomic E-state index is 0.00737. The molecule has 1 aliphatic rings. The highest BCUT2D eigenvalue weighted by molar-refractivity contribution is 7.89. The molecule has 4 aromatic rings. The van der Waals surface area contributed by atoms with Crippen molar-refractivity contribution in [3.63, 3.8) is 0 Å². The Balaban J connectivity index is 1.53. The molecule has 0 saturated heterocycles. The lowest BCUT2D eigenvalue weighted by Gasteiger charge is -2.21. The number of carbonyl (C=O) groups excluding carboxylic acids is 1. The average molecular weight is 603 g/mol. The molecule has 1 aromatic heterocycles. The molecule has 11 heteroatoms. The van der Waals surface area contributed by atoms with Crippen LogP contribution in [0.2, 0.25) is 0 Å². The summed E-state index contributed by atoms with van der Waals surface area (Å²) in [5, 5.41) is 9.63. The first-order valence-electron chi connectivity index (χ1n) is 13.1. The number of benzene rings is 3. The third-order valence-corrected chi connectivity index (χ3v) is 8.73. The van der Waals surface area contributed by atoms with Crippen molar-refractivity contribution in [2.45, 2.75) is 24.4 Å². The molecule has 1 atom stereocenters. The van der Waals surface area contributed by atoms with Gasteiger partial charge in [0.1, 0.15) is 17.7 Å². The van der Waals surface area contributed by atoms with Crippen LogP contribution in [0.15, 0.2) is 99.5 Å². The van der Waals surface area contributed by atoms with Crippen LogP contribution in [0.1, 0.15) is 29.3 Å². The smallest absolute Gasteiger partial charge is 0.256 e. The number of ether oxygens (including phenoxy) is 2. The maximum absolute atomic E-state index is 13.8. The van der Waals surface area contributed by atoms with Crippen LogP contribution in [0.5, 0.6) is 11.5 Å². The minimum Gasteiger partial charge on any atom is -0.497 e. The zero-order valence-corrected chi connectivity index (χ0v) is 24.9. The van der Waals surface area contributed by atoms with E-state index in [9.17, 15) is 13.2 Å². The van der Waals surface area contributed by atoms with Gasteiger partial charge in [0.15, 0.2) is 0 Å². The normalized spacial score (nSPS) is 15.6. The van der Waals surface area contributed by atoms with Crippen molar-refractivity contribution in [2.24, 2.45) is 4.99 Å². The van der Waals surface area contributed by atoms with Crippen molar-refractivity contribution in [2.75, 3.05) is 24.9 Å². The van der Waals surface area contributed by atoms with Crippen molar-refractivity contribution in [1.29, 1.82) is 0 Å². The molecular weight excluding hydrogens is 572 g/mol. The van der Waals surface area contributed by atoms with Gasteiger partial charge in [-0.1, -0.05) is 31.2 Å². The number of nitrogens with zero attached hydrogens (tertiary/aromatic N) is 1. The molecular formula is C31H30N4O5S2. The lowest BCUT2D eigenvalue weighted by atomic mass is 10.0. The molecule has 3 N–H and O–H groups in total. The van der Waals surface area contributed by atoms with Crippen LogP contribution in [0.4, 0.5) is 17.1 Å². The van der Waals surface area contributed by atoms with Crippen molar-refractivity contribution in [3.05, 3.63) is 101 Å². The van der Waals surface area contributed by atoms with Gasteiger partial charge in [-0.3, -0.25) is 4.79 Å². The summed E-state index contributed by atoms with van der Waals surface area (Å²) in [7, 11) is -0.979. The molecule has 1 unspecified atom stereocenters. The molecule has 0 radical (unpaired) electrons. The summed E-state index contributed by atoms with van der Waals surface area (Å²) < 4.78 is 41.1. The number of rotatable bonds is 9. The number of hydrogen-bond donors (Lipinski definition) is 3. The summed E-state index contributed by atoms with van der Waals surface area (Å²) in [5.41, 5.74) is 4.55. The molecule has 1 amide bonds. The number of sulfonamides is 1. The lowest BCUT2D eigenvalue weighted by molar-refractivity contribution is 0.102. The van der Waals surface area contributed by atoms with Gasteiger partial charge < -0.3 is 20.1 Å². The third-order valence-electron chi connectivity index (χ3n) is 6.62. The highest BCUT2D eigenvalue weighted by Gasteiger charge is 2.27. The molecule has 0 bridgehead atoms. The Morgan fingerprint density at radius 2 is 1.76 bits per heavy atom. The first kappa shape index (κ1) is 29.1. The molecule has 1 aliphatic heterocycles. The van der Waals surface area contributed by atoms with Crippen molar-refractivity contribution >= 4 is 55.6 Å². The van der Waals surface area contributed by atoms with E-state index in [1.165, 1.54) is 23.5 Å². The van der Waals surface area contributed by atoms with E-state index in [1.54, 1.807) is 61.4 Å². The predicted octanol–water partition coefficient (Wildman–Crippen LogP) is 6.31. The fourth-order valence-corrected chi connectivity index (χ4v) is 6.31. The van der Waals surface area contributed by atoms with E-state index < -0.39 is 16.2 Å². The minimum atomic E-state index is -4.09. The monoisotopic (exact) mass is 602 g/mol. The van der Waals surface area contributed by atoms with E-state index >= 15 is 0 Å². The molecule has 0 spiro atoms. The Morgan fingerprint density at radius 3 is 2.45 bits per heavy atom. The van der Waals surface area contributed by atoms with Crippen LogP contribution in [0, 0.1) is 0 Å². The molecule has 0 saturated carbocycles. The number of nitrogens with one attached hydrogen (secondary N) is 3. The zero-order valence-electron chi connectivity index (χ0n) is 23.2. The summed E-state index contributed by atoms with van der Waals surface area (Å²) >= 11 is 1.41. The maximum atomic E-state index is 13.8. The molecule has 0 fully saturated rings. The molecule has 216 valence electrons. The van der Waals surface area contributed by atoms with Crippen LogP contribution in [0.25, 0.3) is 5.57 Å². The second kappa shape index (κ2) is 12.6. The summed E-state index contributed by atoms with van der Waals surface area (Å²) in [6.45, 7) is 2.04. The molecule has 3 aromatic carbocycles. The van der Waals surface area contributed by atoms with Crippen LogP contribution in [-0.4, -0.2) is 40.4 Å². The second-order valence-electron chi connectivity index (χ2n) is 9.37. The molecule has 2 heterocycles. The Morgan fingerprint density at radius 1 is 1.00 bits per heavy atom. The fourth-order valence-electron chi connectivity index (χ4n) is 4.50. The van der Waals surface area contributed by atoms with Crippen LogP contribution in [0.3, 0.4) is 0 Å². The Kier molecular flexibility index (Phi) is 8.72. The van der Waals surface area contributed by atoms with Gasteiger partial charge in [0.25, 0.3) is 5.91 Å². The number of methoxy groups -OCH3 is 2. The summed E-state index contributed by atoms with van der Waals surface area (Å²) in [6, 6.07) is 20.8. The van der Waals surface area contributed by atoms with Crippen molar-refractivity contribution in [3.8, 4) is 11.5 Å². The average Bonchev–Trinajstić information content (AvgIpc) is 3.50. The van der Waals surface area contributed by atoms with Gasteiger partial charge >= 0.3 is 0 Å². The Bertz CT molecular complexity index is 1740. The number of anilines is 2. The number of fused-ring (bicyclic) bond motifs is 1. The van der Waals surface area contributed by atoms with E-state index in [0.717, 1.165) is 16.8 Å². The van der Waals surface area contributed by atoms with Crippen LogP contribution >= 0.6 is 11.3 Å². The molecule has 0 aliphatic carbocycles. The topological polar surface area (TPSA) is 118 Å². The van der Waals surface area contributed by atoms with Gasteiger partial charge in [0.05, 0.1) is 36.1 Å². The van der Waals surface area contributed by atoms with E-state index in [0.29, 0.717) is 40.6 Å². The zero-order chi connectivity index (χ0) is 29.7. The quantitative estimate of drug-likeness (QED) is 0.207.